The van der Waals surface area contributed by atoms with Crippen LogP contribution >= 0.6 is 0 Å². The number of benzene rings is 4. The molecule has 3 N–H and O–H groups in total. The predicted molar refractivity (Wildman–Crippen MR) is 175 cm³/mol. The first-order valence-corrected chi connectivity index (χ1v) is 14.9. The molecule has 0 saturated heterocycles. The Morgan fingerprint density at radius 1 is 0.795 bits per heavy atom. The van der Waals surface area contributed by atoms with Gasteiger partial charge in [-0.05, 0) is 40.5 Å². The number of carbonyl (C=O) groups excluding carboxylic acids is 2. The van der Waals surface area contributed by atoms with Crippen molar-refractivity contribution >= 4 is 33.6 Å². The Morgan fingerprint density at radius 3 is 2.30 bits per heavy atom. The van der Waals surface area contributed by atoms with Crippen LogP contribution in [-0.4, -0.2) is 68.2 Å². The number of hydrogen-bond donors (Lipinski definition) is 3. The number of para-hydroxylation sites is 2. The van der Waals surface area contributed by atoms with Gasteiger partial charge in [0.05, 0.1) is 20.3 Å². The Labute approximate surface area is 258 Å². The van der Waals surface area contributed by atoms with Crippen molar-refractivity contribution in [2.75, 3.05) is 34.4 Å². The Hall–Kier alpha value is -4.66. The second-order valence-corrected chi connectivity index (χ2v) is 11.0. The molecule has 1 heterocycles. The fourth-order valence-corrected chi connectivity index (χ4v) is 5.68. The van der Waals surface area contributed by atoms with Gasteiger partial charge in [-0.1, -0.05) is 78.9 Å². The highest BCUT2D eigenvalue weighted by Crippen LogP contribution is 2.21. The molecule has 44 heavy (non-hydrogen) atoms. The molecule has 0 bridgehead atoms. The largest absolute Gasteiger partial charge is 0.496 e. The van der Waals surface area contributed by atoms with E-state index in [9.17, 15) is 9.59 Å². The van der Waals surface area contributed by atoms with Gasteiger partial charge >= 0.3 is 5.97 Å². The quantitative estimate of drug-likeness (QED) is 0.126. The van der Waals surface area contributed by atoms with Gasteiger partial charge < -0.3 is 30.0 Å². The standard InChI is InChI=1S/C36H40N4O4/c1-40(24-28-12-6-9-15-34(28)43-2)35(41)32(21-25-16-17-26-10-4-5-11-27(26)20-25)37-18-19-38-33(36(42)44-3)22-29-23-39-31-14-8-7-13-30(29)31/h4-17,20,23,32-33,37-39H,18-19,21-22,24H2,1-3H3. The van der Waals surface area contributed by atoms with Crippen molar-refractivity contribution in [3.05, 3.63) is 114 Å². The number of ether oxygens (including phenoxy) is 2. The third kappa shape index (κ3) is 7.45. The molecule has 1 aromatic heterocycles. The fourth-order valence-electron chi connectivity index (χ4n) is 5.68. The lowest BCUT2D eigenvalue weighted by molar-refractivity contribution is -0.143. The number of aromatic nitrogens is 1. The van der Waals surface area contributed by atoms with Crippen LogP contribution in [0.3, 0.4) is 0 Å². The summed E-state index contributed by atoms with van der Waals surface area (Å²) in [6.07, 6.45) is 2.95. The molecule has 0 aliphatic carbocycles. The van der Waals surface area contributed by atoms with Crippen molar-refractivity contribution < 1.29 is 19.1 Å². The van der Waals surface area contributed by atoms with Gasteiger partial charge in [-0.25, -0.2) is 0 Å². The van der Waals surface area contributed by atoms with E-state index in [1.54, 1.807) is 12.0 Å². The maximum atomic E-state index is 13.9. The Balaban J connectivity index is 1.27. The van der Waals surface area contributed by atoms with Crippen molar-refractivity contribution in [1.29, 1.82) is 0 Å². The molecule has 0 fully saturated rings. The summed E-state index contributed by atoms with van der Waals surface area (Å²) in [5, 5.41) is 10.2. The SMILES string of the molecule is COC(=O)C(Cc1c[nH]c2ccccc12)NCCNC(Cc1ccc2ccccc2c1)C(=O)N(C)Cc1ccccc1OC. The Bertz CT molecular complexity index is 1720. The second kappa shape index (κ2) is 14.7. The van der Waals surface area contributed by atoms with Crippen LogP contribution in [0.25, 0.3) is 21.7 Å². The predicted octanol–water partition coefficient (Wildman–Crippen LogP) is 4.86. The van der Waals surface area contributed by atoms with Crippen LogP contribution in [0, 0.1) is 0 Å². The van der Waals surface area contributed by atoms with Gasteiger partial charge in [0.15, 0.2) is 0 Å². The average Bonchev–Trinajstić information content (AvgIpc) is 3.47. The van der Waals surface area contributed by atoms with Crippen molar-refractivity contribution in [3.63, 3.8) is 0 Å². The maximum absolute atomic E-state index is 13.9. The normalized spacial score (nSPS) is 12.6. The van der Waals surface area contributed by atoms with Gasteiger partial charge in [-0.2, -0.15) is 0 Å². The zero-order chi connectivity index (χ0) is 30.9. The van der Waals surface area contributed by atoms with E-state index in [1.165, 1.54) is 7.11 Å². The number of aromatic amines is 1. The smallest absolute Gasteiger partial charge is 0.323 e. The van der Waals surface area contributed by atoms with E-state index in [1.807, 2.05) is 73.9 Å². The number of carbonyl (C=O) groups is 2. The van der Waals surface area contributed by atoms with Gasteiger partial charge in [0, 0.05) is 55.8 Å². The van der Waals surface area contributed by atoms with Gasteiger partial charge in [0.2, 0.25) is 5.91 Å². The molecule has 2 unspecified atom stereocenters. The minimum absolute atomic E-state index is 0.0209. The molecular formula is C36H40N4O4. The molecule has 8 heteroatoms. The van der Waals surface area contributed by atoms with Crippen molar-refractivity contribution in [1.82, 2.24) is 20.5 Å². The van der Waals surface area contributed by atoms with Crippen LogP contribution in [0.5, 0.6) is 5.75 Å². The average molecular weight is 593 g/mol. The van der Waals surface area contributed by atoms with Gasteiger partial charge in [0.1, 0.15) is 11.8 Å². The summed E-state index contributed by atoms with van der Waals surface area (Å²) in [4.78, 5) is 31.6. The highest BCUT2D eigenvalue weighted by atomic mass is 16.5. The van der Waals surface area contributed by atoms with Crippen molar-refractivity contribution in [2.24, 2.45) is 0 Å². The van der Waals surface area contributed by atoms with Crippen LogP contribution in [0.1, 0.15) is 16.7 Å². The van der Waals surface area contributed by atoms with Gasteiger partial charge in [-0.15, -0.1) is 0 Å². The highest BCUT2D eigenvalue weighted by molar-refractivity contribution is 5.85. The summed E-state index contributed by atoms with van der Waals surface area (Å²) in [5.41, 5.74) is 4.08. The monoisotopic (exact) mass is 592 g/mol. The maximum Gasteiger partial charge on any atom is 0.323 e. The second-order valence-electron chi connectivity index (χ2n) is 11.0. The van der Waals surface area contributed by atoms with Crippen LogP contribution in [0.2, 0.25) is 0 Å². The number of nitrogens with one attached hydrogen (secondary N) is 3. The molecule has 228 valence electrons. The number of hydrogen-bond acceptors (Lipinski definition) is 6. The highest BCUT2D eigenvalue weighted by Gasteiger charge is 2.24. The Morgan fingerprint density at radius 2 is 1.50 bits per heavy atom. The summed E-state index contributed by atoms with van der Waals surface area (Å²) in [6.45, 7) is 1.37. The zero-order valence-electron chi connectivity index (χ0n) is 25.5. The molecule has 0 radical (unpaired) electrons. The lowest BCUT2D eigenvalue weighted by atomic mass is 10.0. The molecule has 5 aromatic rings. The first kappa shape index (κ1) is 30.8. The number of likely N-dealkylation sites (N-methyl/N-ethyl adjacent to an activating group) is 1. The van der Waals surface area contributed by atoms with Crippen molar-refractivity contribution in [2.45, 2.75) is 31.5 Å². The number of fused-ring (bicyclic) bond motifs is 2. The molecule has 0 spiro atoms. The molecule has 8 nitrogen and oxygen atoms in total. The van der Waals surface area contributed by atoms with E-state index in [4.69, 9.17) is 9.47 Å². The minimum atomic E-state index is -0.524. The van der Waals surface area contributed by atoms with E-state index in [2.05, 4.69) is 45.9 Å². The Kier molecular flexibility index (Phi) is 10.3. The molecule has 0 aliphatic heterocycles. The van der Waals surface area contributed by atoms with Gasteiger partial charge in [-0.3, -0.25) is 9.59 Å². The van der Waals surface area contributed by atoms with Crippen LogP contribution in [0.4, 0.5) is 0 Å². The molecule has 5 rings (SSSR count). The van der Waals surface area contributed by atoms with Crippen LogP contribution < -0.4 is 15.4 Å². The summed E-state index contributed by atoms with van der Waals surface area (Å²) in [7, 11) is 4.86. The molecule has 2 atom stereocenters. The first-order valence-electron chi connectivity index (χ1n) is 14.9. The van der Waals surface area contributed by atoms with Gasteiger partial charge in [0.25, 0.3) is 0 Å². The van der Waals surface area contributed by atoms with Crippen LogP contribution in [0.15, 0.2) is 97.2 Å². The summed E-state index contributed by atoms with van der Waals surface area (Å²) in [5.74, 6) is 0.405. The number of amides is 1. The third-order valence-electron chi connectivity index (χ3n) is 8.02. The number of rotatable bonds is 14. The lowest BCUT2D eigenvalue weighted by Crippen LogP contribution is -2.49. The van der Waals surface area contributed by atoms with E-state index < -0.39 is 12.1 Å². The molecule has 4 aromatic carbocycles. The molecule has 0 saturated carbocycles. The number of methoxy groups -OCH3 is 2. The van der Waals surface area contributed by atoms with Crippen LogP contribution in [-0.2, 0) is 33.7 Å². The number of nitrogens with zero attached hydrogens (tertiary/aromatic N) is 1. The summed E-state index contributed by atoms with van der Waals surface area (Å²) in [6, 6.07) is 29.3. The van der Waals surface area contributed by atoms with E-state index in [-0.39, 0.29) is 11.9 Å². The van der Waals surface area contributed by atoms with Crippen molar-refractivity contribution in [3.8, 4) is 5.75 Å². The first-order chi connectivity index (χ1) is 21.5. The topological polar surface area (TPSA) is 95.7 Å². The summed E-state index contributed by atoms with van der Waals surface area (Å²) < 4.78 is 10.6. The third-order valence-corrected chi connectivity index (χ3v) is 8.02. The molecule has 1 amide bonds. The lowest BCUT2D eigenvalue weighted by Gasteiger charge is -2.26. The van der Waals surface area contributed by atoms with E-state index in [0.29, 0.717) is 32.5 Å². The minimum Gasteiger partial charge on any atom is -0.496 e. The number of H-pyrrole nitrogens is 1. The van der Waals surface area contributed by atoms with E-state index in [0.717, 1.165) is 44.1 Å². The fraction of sp³-hybridized carbons (Fsp3) is 0.278. The molecule has 0 aliphatic rings. The summed E-state index contributed by atoms with van der Waals surface area (Å²) >= 11 is 0. The van der Waals surface area contributed by atoms with E-state index >= 15 is 0 Å². The number of esters is 1. The molecular weight excluding hydrogens is 552 g/mol. The zero-order valence-corrected chi connectivity index (χ0v) is 25.5.